The quantitative estimate of drug-likeness (QED) is 0.788. The molecule has 0 atom stereocenters. The first-order chi connectivity index (χ1) is 13.7. The van der Waals surface area contributed by atoms with E-state index in [4.69, 9.17) is 11.6 Å². The number of rotatable bonds is 5. The zero-order valence-electron chi connectivity index (χ0n) is 15.7. The van der Waals surface area contributed by atoms with E-state index < -0.39 is 23.7 Å². The van der Waals surface area contributed by atoms with Gasteiger partial charge in [0, 0.05) is 31.7 Å². The first-order valence-corrected chi connectivity index (χ1v) is 9.50. The summed E-state index contributed by atoms with van der Waals surface area (Å²) in [6.07, 6.45) is -3.81. The highest BCUT2D eigenvalue weighted by Crippen LogP contribution is 2.28. The van der Waals surface area contributed by atoms with Crippen LogP contribution in [0.25, 0.3) is 0 Å². The van der Waals surface area contributed by atoms with E-state index in [-0.39, 0.29) is 12.5 Å². The number of piperidine rings is 1. The first-order valence-electron chi connectivity index (χ1n) is 9.12. The molecule has 1 fully saturated rings. The van der Waals surface area contributed by atoms with Gasteiger partial charge < -0.3 is 5.32 Å². The van der Waals surface area contributed by atoms with E-state index in [0.29, 0.717) is 42.1 Å². The predicted octanol–water partition coefficient (Wildman–Crippen LogP) is 2.21. The summed E-state index contributed by atoms with van der Waals surface area (Å²) in [5, 5.41) is 6.88. The van der Waals surface area contributed by atoms with Crippen molar-refractivity contribution in [1.82, 2.24) is 24.6 Å². The molecule has 1 amide bonds. The van der Waals surface area contributed by atoms with Crippen LogP contribution in [0.2, 0.25) is 5.02 Å². The molecule has 1 aromatic heterocycles. The molecule has 0 aliphatic carbocycles. The summed E-state index contributed by atoms with van der Waals surface area (Å²) in [4.78, 5) is 26.2. The Kier molecular flexibility index (Phi) is 6.33. The van der Waals surface area contributed by atoms with Crippen LogP contribution >= 0.6 is 11.6 Å². The highest BCUT2D eigenvalue weighted by Gasteiger charge is 2.39. The van der Waals surface area contributed by atoms with Gasteiger partial charge in [-0.05, 0) is 24.5 Å². The smallest absolute Gasteiger partial charge is 0.351 e. The molecule has 1 aliphatic rings. The number of benzene rings is 1. The maximum atomic E-state index is 12.9. The SMILES string of the molecule is Cn1c(C(F)(F)F)nn(C2CCN(CC(=O)NCc3ccccc3Cl)CC2)c1=O. The molecule has 1 aromatic carbocycles. The molecule has 1 N–H and O–H groups in total. The minimum absolute atomic E-state index is 0.169. The van der Waals surface area contributed by atoms with E-state index in [9.17, 15) is 22.8 Å². The second kappa shape index (κ2) is 8.58. The zero-order valence-corrected chi connectivity index (χ0v) is 16.5. The fourth-order valence-corrected chi connectivity index (χ4v) is 3.56. The van der Waals surface area contributed by atoms with E-state index in [2.05, 4.69) is 10.4 Å². The third kappa shape index (κ3) is 4.99. The average molecular weight is 432 g/mol. The van der Waals surface area contributed by atoms with Crippen molar-refractivity contribution in [3.8, 4) is 0 Å². The molecule has 1 aliphatic heterocycles. The van der Waals surface area contributed by atoms with Crippen LogP contribution in [0.15, 0.2) is 29.1 Å². The third-order valence-corrected chi connectivity index (χ3v) is 5.33. The summed E-state index contributed by atoms with van der Waals surface area (Å²) in [6.45, 7) is 1.45. The number of amides is 1. The third-order valence-electron chi connectivity index (χ3n) is 4.96. The standard InChI is InChI=1S/C18H21ClF3N5O2/c1-25-16(18(20,21)22)24-27(17(25)29)13-6-8-26(9-7-13)11-15(28)23-10-12-4-2-3-5-14(12)19/h2-5,13H,6-11H2,1H3,(H,23,28). The molecular weight excluding hydrogens is 411 g/mol. The van der Waals surface area contributed by atoms with Crippen molar-refractivity contribution in [1.29, 1.82) is 0 Å². The van der Waals surface area contributed by atoms with Gasteiger partial charge >= 0.3 is 11.9 Å². The molecule has 0 saturated carbocycles. The van der Waals surface area contributed by atoms with Crippen molar-refractivity contribution in [2.75, 3.05) is 19.6 Å². The Morgan fingerprint density at radius 3 is 2.52 bits per heavy atom. The Bertz CT molecular complexity index is 932. The lowest BCUT2D eigenvalue weighted by Gasteiger charge is -2.31. The molecule has 3 rings (SSSR count). The fraction of sp³-hybridized carbons (Fsp3) is 0.500. The maximum absolute atomic E-state index is 12.9. The number of halogens is 4. The number of carbonyl (C=O) groups is 1. The lowest BCUT2D eigenvalue weighted by molar-refractivity contribution is -0.147. The van der Waals surface area contributed by atoms with Crippen LogP contribution in [0, 0.1) is 0 Å². The van der Waals surface area contributed by atoms with Gasteiger partial charge in [0.25, 0.3) is 0 Å². The lowest BCUT2D eigenvalue weighted by Crippen LogP contribution is -2.43. The maximum Gasteiger partial charge on any atom is 0.451 e. The molecule has 0 unspecified atom stereocenters. The van der Waals surface area contributed by atoms with Gasteiger partial charge in [0.2, 0.25) is 11.7 Å². The van der Waals surface area contributed by atoms with E-state index in [1.165, 1.54) is 0 Å². The molecule has 2 heterocycles. The number of hydrogen-bond donors (Lipinski definition) is 1. The zero-order chi connectivity index (χ0) is 21.2. The van der Waals surface area contributed by atoms with Crippen molar-refractivity contribution < 1.29 is 18.0 Å². The molecule has 158 valence electrons. The number of likely N-dealkylation sites (tertiary alicyclic amines) is 1. The molecule has 0 bridgehead atoms. The van der Waals surface area contributed by atoms with Gasteiger partial charge in [-0.3, -0.25) is 14.3 Å². The lowest BCUT2D eigenvalue weighted by atomic mass is 10.1. The van der Waals surface area contributed by atoms with Crippen LogP contribution in [0.1, 0.15) is 30.3 Å². The minimum atomic E-state index is -4.68. The van der Waals surface area contributed by atoms with Gasteiger partial charge in [-0.1, -0.05) is 29.8 Å². The van der Waals surface area contributed by atoms with Crippen LogP contribution in [0.4, 0.5) is 13.2 Å². The van der Waals surface area contributed by atoms with Crippen molar-refractivity contribution >= 4 is 17.5 Å². The number of alkyl halides is 3. The van der Waals surface area contributed by atoms with Crippen LogP contribution in [-0.2, 0) is 24.6 Å². The summed E-state index contributed by atoms with van der Waals surface area (Å²) in [5.74, 6) is -1.37. The van der Waals surface area contributed by atoms with Gasteiger partial charge in [0.1, 0.15) is 0 Å². The van der Waals surface area contributed by atoms with E-state index in [1.807, 2.05) is 23.1 Å². The summed E-state index contributed by atoms with van der Waals surface area (Å²) in [6, 6.07) is 6.79. The molecule has 0 spiro atoms. The van der Waals surface area contributed by atoms with Crippen molar-refractivity contribution in [3.63, 3.8) is 0 Å². The summed E-state index contributed by atoms with van der Waals surface area (Å²) < 4.78 is 40.3. The van der Waals surface area contributed by atoms with Crippen LogP contribution in [0.3, 0.4) is 0 Å². The van der Waals surface area contributed by atoms with Gasteiger partial charge in [-0.2, -0.15) is 13.2 Å². The number of aromatic nitrogens is 3. The highest BCUT2D eigenvalue weighted by atomic mass is 35.5. The molecule has 7 nitrogen and oxygen atoms in total. The Hall–Kier alpha value is -2.33. The largest absolute Gasteiger partial charge is 0.451 e. The van der Waals surface area contributed by atoms with Gasteiger partial charge in [-0.25, -0.2) is 9.48 Å². The van der Waals surface area contributed by atoms with Gasteiger partial charge in [-0.15, -0.1) is 5.10 Å². The average Bonchev–Trinajstić information content (AvgIpc) is 2.97. The Morgan fingerprint density at radius 2 is 1.93 bits per heavy atom. The van der Waals surface area contributed by atoms with Gasteiger partial charge in [0.05, 0.1) is 12.6 Å². The van der Waals surface area contributed by atoms with Crippen molar-refractivity contribution in [3.05, 3.63) is 51.2 Å². The summed E-state index contributed by atoms with van der Waals surface area (Å²) in [7, 11) is 1.06. The van der Waals surface area contributed by atoms with E-state index >= 15 is 0 Å². The minimum Gasteiger partial charge on any atom is -0.351 e. The second-order valence-corrected chi connectivity index (χ2v) is 7.39. The number of carbonyl (C=O) groups excluding carboxylic acids is 1. The summed E-state index contributed by atoms with van der Waals surface area (Å²) in [5.41, 5.74) is 0.0319. The molecule has 0 radical (unpaired) electrons. The van der Waals surface area contributed by atoms with Crippen molar-refractivity contribution in [2.24, 2.45) is 7.05 Å². The second-order valence-electron chi connectivity index (χ2n) is 6.98. The van der Waals surface area contributed by atoms with Crippen molar-refractivity contribution in [2.45, 2.75) is 31.6 Å². The monoisotopic (exact) mass is 431 g/mol. The normalized spacial score (nSPS) is 16.2. The Labute approximate surface area is 170 Å². The molecule has 11 heteroatoms. The topological polar surface area (TPSA) is 72.2 Å². The number of nitrogens with one attached hydrogen (secondary N) is 1. The predicted molar refractivity (Wildman–Crippen MR) is 100 cm³/mol. The molecule has 1 saturated heterocycles. The van der Waals surface area contributed by atoms with Crippen LogP contribution in [0.5, 0.6) is 0 Å². The van der Waals surface area contributed by atoms with E-state index in [1.54, 1.807) is 6.07 Å². The highest BCUT2D eigenvalue weighted by molar-refractivity contribution is 6.31. The number of nitrogens with zero attached hydrogens (tertiary/aromatic N) is 4. The molecule has 2 aromatic rings. The first kappa shape index (κ1) is 21.4. The number of hydrogen-bond acceptors (Lipinski definition) is 4. The molecule has 29 heavy (non-hydrogen) atoms. The van der Waals surface area contributed by atoms with Gasteiger partial charge in [0.15, 0.2) is 0 Å². The van der Waals surface area contributed by atoms with Crippen LogP contribution in [-0.4, -0.2) is 44.8 Å². The van der Waals surface area contributed by atoms with E-state index in [0.717, 1.165) is 17.3 Å². The summed E-state index contributed by atoms with van der Waals surface area (Å²) >= 11 is 6.06. The van der Waals surface area contributed by atoms with Crippen LogP contribution < -0.4 is 11.0 Å². The Morgan fingerprint density at radius 1 is 1.28 bits per heavy atom. The fourth-order valence-electron chi connectivity index (χ4n) is 3.36. The Balaban J connectivity index is 1.53. The molecular formula is C18H21ClF3N5O2.